The van der Waals surface area contributed by atoms with Crippen molar-refractivity contribution in [2.24, 2.45) is 5.92 Å². The lowest BCUT2D eigenvalue weighted by Gasteiger charge is -2.35. The van der Waals surface area contributed by atoms with Crippen molar-refractivity contribution in [3.8, 4) is 11.3 Å². The van der Waals surface area contributed by atoms with Gasteiger partial charge in [0.05, 0.1) is 16.3 Å². The van der Waals surface area contributed by atoms with Gasteiger partial charge in [0.15, 0.2) is 0 Å². The molecule has 1 fully saturated rings. The van der Waals surface area contributed by atoms with Crippen LogP contribution in [-0.2, 0) is 0 Å². The van der Waals surface area contributed by atoms with Crippen LogP contribution in [0.15, 0.2) is 5.38 Å². The summed E-state index contributed by atoms with van der Waals surface area (Å²) in [5.41, 5.74) is 8.10. The van der Waals surface area contributed by atoms with Crippen LogP contribution in [0.4, 0.5) is 10.8 Å². The second kappa shape index (κ2) is 5.93. The van der Waals surface area contributed by atoms with E-state index in [-0.39, 0.29) is 0 Å². The smallest absolute Gasteiger partial charge is 0.148 e. The summed E-state index contributed by atoms with van der Waals surface area (Å²) in [5.74, 6) is 1.41. The summed E-state index contributed by atoms with van der Waals surface area (Å²) in [4.78, 5) is 6.98. The fourth-order valence-corrected chi connectivity index (χ4v) is 4.63. The Morgan fingerprint density at radius 3 is 2.86 bits per heavy atom. The molecule has 2 N–H and O–H groups in total. The lowest BCUT2D eigenvalue weighted by Crippen LogP contribution is -2.35. The molecule has 6 heteroatoms. The van der Waals surface area contributed by atoms with Gasteiger partial charge in [-0.25, -0.2) is 4.98 Å². The van der Waals surface area contributed by atoms with E-state index in [2.05, 4.69) is 33.6 Å². The van der Waals surface area contributed by atoms with Crippen LogP contribution >= 0.6 is 22.9 Å². The number of nitrogens with two attached hydrogens (primary N) is 1. The summed E-state index contributed by atoms with van der Waals surface area (Å²) in [6.45, 7) is 4.38. The van der Waals surface area contributed by atoms with Gasteiger partial charge in [-0.05, 0) is 37.2 Å². The normalized spacial score (nSPS) is 22.4. The first kappa shape index (κ1) is 14.8. The fraction of sp³-hybridized carbons (Fsp3) is 0.600. The Morgan fingerprint density at radius 1 is 1.38 bits per heavy atom. The van der Waals surface area contributed by atoms with Crippen LogP contribution in [0.3, 0.4) is 0 Å². The van der Waals surface area contributed by atoms with E-state index in [1.807, 2.05) is 6.92 Å². The van der Waals surface area contributed by atoms with Crippen molar-refractivity contribution in [2.75, 3.05) is 17.7 Å². The van der Waals surface area contributed by atoms with Gasteiger partial charge in [-0.2, -0.15) is 4.37 Å². The number of hydrogen-bond donors (Lipinski definition) is 1. The highest BCUT2D eigenvalue weighted by Crippen LogP contribution is 2.41. The monoisotopic (exact) mass is 322 g/mol. The molecule has 3 rings (SSSR count). The number of anilines is 2. The summed E-state index contributed by atoms with van der Waals surface area (Å²) in [6.07, 6.45) is 5.18. The third kappa shape index (κ3) is 2.92. The molecule has 1 saturated carbocycles. The maximum atomic E-state index is 6.11. The highest BCUT2D eigenvalue weighted by molar-refractivity contribution is 7.11. The SMILES string of the molecule is Cc1nc(-c2c(N)nsc2N(C)C2CCCC(C)C2)cs1. The first-order valence-corrected chi connectivity index (χ1v) is 9.12. The largest absolute Gasteiger partial charge is 0.382 e. The molecule has 114 valence electrons. The van der Waals surface area contributed by atoms with Gasteiger partial charge in [-0.3, -0.25) is 0 Å². The average Bonchev–Trinajstić information content (AvgIpc) is 3.04. The molecule has 1 aliphatic rings. The molecule has 0 aromatic carbocycles. The van der Waals surface area contributed by atoms with Crippen LogP contribution in [0, 0.1) is 12.8 Å². The van der Waals surface area contributed by atoms with E-state index in [0.717, 1.165) is 27.2 Å². The molecule has 0 spiro atoms. The lowest BCUT2D eigenvalue weighted by atomic mass is 9.86. The van der Waals surface area contributed by atoms with Gasteiger partial charge in [0, 0.05) is 18.5 Å². The Hall–Kier alpha value is -1.14. The Balaban J connectivity index is 1.92. The molecule has 2 heterocycles. The zero-order valence-corrected chi connectivity index (χ0v) is 14.4. The molecule has 1 aliphatic carbocycles. The van der Waals surface area contributed by atoms with E-state index in [1.54, 1.807) is 11.3 Å². The van der Waals surface area contributed by atoms with Gasteiger partial charge in [0.25, 0.3) is 0 Å². The van der Waals surface area contributed by atoms with Crippen molar-refractivity contribution >= 4 is 33.7 Å². The molecule has 2 aromatic rings. The molecular weight excluding hydrogens is 300 g/mol. The highest BCUT2D eigenvalue weighted by atomic mass is 32.1. The maximum Gasteiger partial charge on any atom is 0.148 e. The van der Waals surface area contributed by atoms with Gasteiger partial charge in [-0.1, -0.05) is 19.8 Å². The Morgan fingerprint density at radius 2 is 2.19 bits per heavy atom. The predicted octanol–water partition coefficient (Wildman–Crippen LogP) is 4.17. The second-order valence-corrected chi connectivity index (χ2v) is 7.85. The van der Waals surface area contributed by atoms with E-state index in [1.165, 1.54) is 37.2 Å². The third-order valence-corrected chi connectivity index (χ3v) is 6.08. The third-order valence-electron chi connectivity index (χ3n) is 4.35. The Bertz CT molecular complexity index is 619. The van der Waals surface area contributed by atoms with Gasteiger partial charge in [0.1, 0.15) is 10.8 Å². The molecule has 0 bridgehead atoms. The van der Waals surface area contributed by atoms with E-state index < -0.39 is 0 Å². The molecule has 4 nitrogen and oxygen atoms in total. The van der Waals surface area contributed by atoms with Crippen LogP contribution in [0.1, 0.15) is 37.6 Å². The van der Waals surface area contributed by atoms with E-state index in [9.17, 15) is 0 Å². The molecule has 21 heavy (non-hydrogen) atoms. The molecule has 0 radical (unpaired) electrons. The number of nitrogen functional groups attached to an aromatic ring is 1. The Kier molecular flexibility index (Phi) is 4.17. The highest BCUT2D eigenvalue weighted by Gasteiger charge is 2.27. The summed E-state index contributed by atoms with van der Waals surface area (Å²) < 4.78 is 4.38. The number of nitrogens with zero attached hydrogens (tertiary/aromatic N) is 3. The van der Waals surface area contributed by atoms with Crippen molar-refractivity contribution < 1.29 is 0 Å². The first-order valence-electron chi connectivity index (χ1n) is 7.46. The number of aromatic nitrogens is 2. The maximum absolute atomic E-state index is 6.11. The summed E-state index contributed by atoms with van der Waals surface area (Å²) in [5, 5.41) is 4.31. The van der Waals surface area contributed by atoms with Crippen LogP contribution in [0.2, 0.25) is 0 Å². The van der Waals surface area contributed by atoms with E-state index in [4.69, 9.17) is 5.73 Å². The predicted molar refractivity (Wildman–Crippen MR) is 92.2 cm³/mol. The topological polar surface area (TPSA) is 55.0 Å². The van der Waals surface area contributed by atoms with E-state index in [0.29, 0.717) is 11.9 Å². The number of hydrogen-bond acceptors (Lipinski definition) is 6. The van der Waals surface area contributed by atoms with Crippen molar-refractivity contribution in [2.45, 2.75) is 45.6 Å². The van der Waals surface area contributed by atoms with Crippen molar-refractivity contribution in [1.29, 1.82) is 0 Å². The van der Waals surface area contributed by atoms with Crippen molar-refractivity contribution in [1.82, 2.24) is 9.36 Å². The summed E-state index contributed by atoms with van der Waals surface area (Å²) in [7, 11) is 2.18. The molecule has 2 atom stereocenters. The fourth-order valence-electron chi connectivity index (χ4n) is 3.17. The molecule has 2 aromatic heterocycles. The van der Waals surface area contributed by atoms with Gasteiger partial charge >= 0.3 is 0 Å². The minimum absolute atomic E-state index is 0.590. The standard InChI is InChI=1S/C15H22N4S2/c1-9-5-4-6-11(7-9)19(3)15-13(14(16)18-21-15)12-8-20-10(2)17-12/h8-9,11H,4-7H2,1-3H3,(H2,16,18). The average molecular weight is 323 g/mol. The van der Waals surface area contributed by atoms with Gasteiger partial charge in [0.2, 0.25) is 0 Å². The molecule has 0 amide bonds. The van der Waals surface area contributed by atoms with E-state index >= 15 is 0 Å². The van der Waals surface area contributed by atoms with Crippen LogP contribution in [0.25, 0.3) is 11.3 Å². The number of aryl methyl sites for hydroxylation is 1. The first-order chi connectivity index (χ1) is 10.1. The molecular formula is C15H22N4S2. The number of thiazole rings is 1. The minimum Gasteiger partial charge on any atom is -0.382 e. The zero-order valence-electron chi connectivity index (χ0n) is 12.8. The van der Waals surface area contributed by atoms with Crippen molar-refractivity contribution in [3.05, 3.63) is 10.4 Å². The molecule has 0 aliphatic heterocycles. The summed E-state index contributed by atoms with van der Waals surface area (Å²) in [6, 6.07) is 0.590. The molecule has 0 saturated heterocycles. The van der Waals surface area contributed by atoms with Crippen LogP contribution in [-0.4, -0.2) is 22.4 Å². The van der Waals surface area contributed by atoms with Gasteiger partial charge < -0.3 is 10.6 Å². The zero-order chi connectivity index (χ0) is 15.0. The van der Waals surface area contributed by atoms with Crippen molar-refractivity contribution in [3.63, 3.8) is 0 Å². The lowest BCUT2D eigenvalue weighted by molar-refractivity contribution is 0.337. The van der Waals surface area contributed by atoms with Crippen LogP contribution < -0.4 is 10.6 Å². The second-order valence-electron chi connectivity index (χ2n) is 6.04. The quantitative estimate of drug-likeness (QED) is 0.921. The Labute approximate surface area is 134 Å². The minimum atomic E-state index is 0.590. The van der Waals surface area contributed by atoms with Crippen LogP contribution in [0.5, 0.6) is 0 Å². The molecule has 2 unspecified atom stereocenters. The summed E-state index contributed by atoms with van der Waals surface area (Å²) >= 11 is 3.16. The number of rotatable bonds is 3. The van der Waals surface area contributed by atoms with Gasteiger partial charge in [-0.15, -0.1) is 11.3 Å².